The van der Waals surface area contributed by atoms with Gasteiger partial charge in [0.2, 0.25) is 0 Å². The number of hydrogen-bond acceptors (Lipinski definition) is 3. The third kappa shape index (κ3) is 2.87. The Hall–Kier alpha value is -2.40. The van der Waals surface area contributed by atoms with Gasteiger partial charge in [-0.15, -0.1) is 0 Å². The summed E-state index contributed by atoms with van der Waals surface area (Å²) in [5.41, 5.74) is 2.61. The molecule has 0 unspecified atom stereocenters. The van der Waals surface area contributed by atoms with Crippen LogP contribution in [0.4, 0.5) is 10.1 Å². The highest BCUT2D eigenvalue weighted by Gasteiger charge is 2.11. The van der Waals surface area contributed by atoms with E-state index < -0.39 is 0 Å². The lowest BCUT2D eigenvalue weighted by molar-refractivity contribution is 0.301. The summed E-state index contributed by atoms with van der Waals surface area (Å²) in [5, 5.41) is 9.25. The number of aliphatic hydroxyl groups excluding tert-OH is 1. The molecule has 0 radical (unpaired) electrons. The second kappa shape index (κ2) is 5.93. The molecular weight excluding hydrogens is 269 g/mol. The Morgan fingerprint density at radius 3 is 2.90 bits per heavy atom. The largest absolute Gasteiger partial charge is 0.395 e. The van der Waals surface area contributed by atoms with Crippen molar-refractivity contribution >= 4 is 11.3 Å². The summed E-state index contributed by atoms with van der Waals surface area (Å²) in [4.78, 5) is 6.27. The molecule has 0 aliphatic heterocycles. The van der Waals surface area contributed by atoms with Crippen molar-refractivity contribution < 1.29 is 9.50 Å². The molecule has 21 heavy (non-hydrogen) atoms. The van der Waals surface area contributed by atoms with E-state index in [0.717, 1.165) is 17.0 Å². The molecule has 2 aromatic heterocycles. The van der Waals surface area contributed by atoms with Crippen LogP contribution < -0.4 is 4.90 Å². The molecule has 3 rings (SSSR count). The van der Waals surface area contributed by atoms with Gasteiger partial charge in [0, 0.05) is 18.4 Å². The quantitative estimate of drug-likeness (QED) is 0.783. The molecule has 3 aromatic rings. The number of anilines is 1. The molecule has 0 fully saturated rings. The molecule has 1 N–H and O–H groups in total. The first-order valence-electron chi connectivity index (χ1n) is 6.80. The van der Waals surface area contributed by atoms with Crippen molar-refractivity contribution in [1.29, 1.82) is 0 Å². The predicted octanol–water partition coefficient (Wildman–Crippen LogP) is 2.47. The van der Waals surface area contributed by atoms with Crippen LogP contribution in [-0.4, -0.2) is 27.6 Å². The summed E-state index contributed by atoms with van der Waals surface area (Å²) >= 11 is 0. The lowest BCUT2D eigenvalue weighted by Gasteiger charge is -2.23. The second-order valence-corrected chi connectivity index (χ2v) is 4.80. The van der Waals surface area contributed by atoms with Gasteiger partial charge in [-0.1, -0.05) is 12.1 Å². The molecular formula is C16H16FN3O. The molecule has 0 bridgehead atoms. The summed E-state index contributed by atoms with van der Waals surface area (Å²) in [6, 6.07) is 12.2. The number of halogens is 1. The Labute approximate surface area is 122 Å². The average molecular weight is 285 g/mol. The van der Waals surface area contributed by atoms with Crippen molar-refractivity contribution in [3.05, 3.63) is 66.4 Å². The highest BCUT2D eigenvalue weighted by molar-refractivity contribution is 5.48. The van der Waals surface area contributed by atoms with E-state index in [4.69, 9.17) is 0 Å². The third-order valence-electron chi connectivity index (χ3n) is 3.39. The van der Waals surface area contributed by atoms with Crippen LogP contribution in [0.15, 0.2) is 54.9 Å². The summed E-state index contributed by atoms with van der Waals surface area (Å²) in [6.07, 6.45) is 3.75. The van der Waals surface area contributed by atoms with Crippen molar-refractivity contribution in [1.82, 2.24) is 9.38 Å². The zero-order valence-corrected chi connectivity index (χ0v) is 11.5. The van der Waals surface area contributed by atoms with E-state index >= 15 is 0 Å². The highest BCUT2D eigenvalue weighted by atomic mass is 19.1. The van der Waals surface area contributed by atoms with E-state index in [2.05, 4.69) is 4.98 Å². The molecule has 0 aliphatic carbocycles. The molecule has 1 aromatic carbocycles. The normalized spacial score (nSPS) is 11.0. The Balaban J connectivity index is 1.92. The van der Waals surface area contributed by atoms with Gasteiger partial charge in [0.05, 0.1) is 25.0 Å². The number of fused-ring (bicyclic) bond motifs is 1. The molecule has 0 atom stereocenters. The first kappa shape index (κ1) is 13.6. The van der Waals surface area contributed by atoms with E-state index in [1.165, 1.54) is 12.1 Å². The van der Waals surface area contributed by atoms with Crippen molar-refractivity contribution in [3.8, 4) is 0 Å². The number of nitrogens with zero attached hydrogens (tertiary/aromatic N) is 3. The first-order chi connectivity index (χ1) is 10.3. The van der Waals surface area contributed by atoms with Gasteiger partial charge in [0.15, 0.2) is 0 Å². The molecule has 0 saturated heterocycles. The maximum Gasteiger partial charge on any atom is 0.136 e. The molecule has 0 amide bonds. The fourth-order valence-electron chi connectivity index (χ4n) is 2.39. The van der Waals surface area contributed by atoms with Crippen molar-refractivity contribution in [2.45, 2.75) is 6.54 Å². The Morgan fingerprint density at radius 1 is 1.19 bits per heavy atom. The van der Waals surface area contributed by atoms with E-state index in [1.54, 1.807) is 12.3 Å². The lowest BCUT2D eigenvalue weighted by atomic mass is 10.2. The van der Waals surface area contributed by atoms with Gasteiger partial charge < -0.3 is 14.4 Å². The molecule has 5 heteroatoms. The minimum absolute atomic E-state index is 0.00719. The monoisotopic (exact) mass is 285 g/mol. The maximum absolute atomic E-state index is 13.4. The Kier molecular flexibility index (Phi) is 3.83. The van der Waals surface area contributed by atoms with Crippen molar-refractivity contribution in [3.63, 3.8) is 0 Å². The van der Waals surface area contributed by atoms with Crippen LogP contribution in [0, 0.1) is 5.82 Å². The van der Waals surface area contributed by atoms with Crippen LogP contribution in [0.2, 0.25) is 0 Å². The predicted molar refractivity (Wildman–Crippen MR) is 79.7 cm³/mol. The van der Waals surface area contributed by atoms with Crippen LogP contribution in [0.25, 0.3) is 5.65 Å². The number of rotatable bonds is 5. The van der Waals surface area contributed by atoms with Crippen molar-refractivity contribution in [2.24, 2.45) is 0 Å². The molecule has 108 valence electrons. The molecule has 2 heterocycles. The maximum atomic E-state index is 13.4. The smallest absolute Gasteiger partial charge is 0.136 e. The zero-order chi connectivity index (χ0) is 14.7. The number of hydrogen-bond donors (Lipinski definition) is 1. The minimum Gasteiger partial charge on any atom is -0.395 e. The molecule has 4 nitrogen and oxygen atoms in total. The van der Waals surface area contributed by atoms with Gasteiger partial charge in [-0.3, -0.25) is 0 Å². The van der Waals surface area contributed by atoms with E-state index in [-0.39, 0.29) is 12.4 Å². The summed E-state index contributed by atoms with van der Waals surface area (Å²) in [6.45, 7) is 0.992. The van der Waals surface area contributed by atoms with Gasteiger partial charge in [-0.25, -0.2) is 9.37 Å². The van der Waals surface area contributed by atoms with E-state index in [9.17, 15) is 9.50 Å². The van der Waals surface area contributed by atoms with Gasteiger partial charge in [0.1, 0.15) is 11.5 Å². The molecule has 0 saturated carbocycles. The van der Waals surface area contributed by atoms with Crippen LogP contribution in [-0.2, 0) is 6.54 Å². The second-order valence-electron chi connectivity index (χ2n) is 4.80. The van der Waals surface area contributed by atoms with Gasteiger partial charge in [0.25, 0.3) is 0 Å². The van der Waals surface area contributed by atoms with Crippen molar-refractivity contribution in [2.75, 3.05) is 18.1 Å². The van der Waals surface area contributed by atoms with Gasteiger partial charge in [-0.05, 0) is 30.3 Å². The molecule has 0 spiro atoms. The van der Waals surface area contributed by atoms with E-state index in [0.29, 0.717) is 13.1 Å². The number of imidazole rings is 1. The van der Waals surface area contributed by atoms with Crippen LogP contribution in [0.5, 0.6) is 0 Å². The van der Waals surface area contributed by atoms with Crippen LogP contribution in [0.3, 0.4) is 0 Å². The van der Waals surface area contributed by atoms with Gasteiger partial charge in [-0.2, -0.15) is 0 Å². The zero-order valence-electron chi connectivity index (χ0n) is 11.5. The van der Waals surface area contributed by atoms with E-state index in [1.807, 2.05) is 39.8 Å². The van der Waals surface area contributed by atoms with Crippen LogP contribution in [0.1, 0.15) is 5.69 Å². The topological polar surface area (TPSA) is 40.8 Å². The highest BCUT2D eigenvalue weighted by Crippen LogP contribution is 2.18. The number of aromatic nitrogens is 2. The fourth-order valence-corrected chi connectivity index (χ4v) is 2.39. The van der Waals surface area contributed by atoms with Gasteiger partial charge >= 0.3 is 0 Å². The number of aliphatic hydroxyl groups is 1. The third-order valence-corrected chi connectivity index (χ3v) is 3.39. The number of benzene rings is 1. The summed E-state index contributed by atoms with van der Waals surface area (Å²) in [5.74, 6) is -0.284. The fraction of sp³-hybridized carbons (Fsp3) is 0.188. The SMILES string of the molecule is OCCN(Cc1cnc2ccccn12)c1cccc(F)c1. The summed E-state index contributed by atoms with van der Waals surface area (Å²) in [7, 11) is 0. The van der Waals surface area contributed by atoms with Crippen LogP contribution >= 0.6 is 0 Å². The lowest BCUT2D eigenvalue weighted by Crippen LogP contribution is -2.26. The minimum atomic E-state index is -0.284. The average Bonchev–Trinajstić information content (AvgIpc) is 2.90. The first-order valence-corrected chi connectivity index (χ1v) is 6.80. The number of pyridine rings is 1. The Bertz CT molecular complexity index is 741. The standard InChI is InChI=1S/C16H16FN3O/c17-13-4-3-5-14(10-13)19(8-9-21)12-15-11-18-16-6-1-2-7-20(15)16/h1-7,10-11,21H,8-9,12H2. The molecule has 0 aliphatic rings. The Morgan fingerprint density at radius 2 is 2.10 bits per heavy atom. The summed E-state index contributed by atoms with van der Waals surface area (Å²) < 4.78 is 15.4.